The molecule has 0 aliphatic carbocycles. The summed E-state index contributed by atoms with van der Waals surface area (Å²) in [5.74, 6) is 0. The van der Waals surface area contributed by atoms with Gasteiger partial charge in [0.15, 0.2) is 0 Å². The van der Waals surface area contributed by atoms with E-state index in [1.54, 1.807) is 0 Å². The van der Waals surface area contributed by atoms with Crippen LogP contribution in [-0.2, 0) is 19.0 Å². The number of nitrogens with zero attached hydrogens (tertiary/aromatic N) is 2. The van der Waals surface area contributed by atoms with Crippen LogP contribution in [0.4, 0.5) is 0 Å². The molecule has 4 heteroatoms. The van der Waals surface area contributed by atoms with Crippen LogP contribution in [0.5, 0.6) is 0 Å². The first-order valence-electron chi connectivity index (χ1n) is 6.36. The van der Waals surface area contributed by atoms with E-state index < -0.39 is 0 Å². The van der Waals surface area contributed by atoms with E-state index in [9.17, 15) is 0 Å². The lowest BCUT2D eigenvalue weighted by atomic mass is 9.87. The van der Waals surface area contributed by atoms with Crippen LogP contribution >= 0.6 is 11.6 Å². The first kappa shape index (κ1) is 14.1. The second-order valence-electron chi connectivity index (χ2n) is 5.83. The molecule has 1 aromatic heterocycles. The molecule has 0 unspecified atom stereocenters. The van der Waals surface area contributed by atoms with E-state index in [-0.39, 0.29) is 5.41 Å². The summed E-state index contributed by atoms with van der Waals surface area (Å²) in [5.41, 5.74) is 9.80. The molecule has 0 radical (unpaired) electrons. The van der Waals surface area contributed by atoms with Gasteiger partial charge in [-0.2, -0.15) is 5.10 Å². The molecule has 0 spiro atoms. The number of aromatic nitrogens is 2. The molecule has 0 aliphatic heterocycles. The van der Waals surface area contributed by atoms with Gasteiger partial charge in [0.1, 0.15) is 0 Å². The molecule has 1 heterocycles. The standard InChI is InChI=1S/C15H20ClN3/c1-15(2,3)14-12(9-19(4)18-14)11-6-5-10(8-17)7-13(11)16/h5-7,9H,8,17H2,1-4H3. The molecule has 0 amide bonds. The highest BCUT2D eigenvalue weighted by molar-refractivity contribution is 6.33. The van der Waals surface area contributed by atoms with Gasteiger partial charge in [0.05, 0.1) is 5.69 Å². The van der Waals surface area contributed by atoms with Gasteiger partial charge in [0.25, 0.3) is 0 Å². The van der Waals surface area contributed by atoms with Crippen molar-refractivity contribution in [2.24, 2.45) is 12.8 Å². The highest BCUT2D eigenvalue weighted by atomic mass is 35.5. The highest BCUT2D eigenvalue weighted by Crippen LogP contribution is 2.35. The molecule has 19 heavy (non-hydrogen) atoms. The molecule has 0 saturated heterocycles. The van der Waals surface area contributed by atoms with Gasteiger partial charge in [-0.25, -0.2) is 0 Å². The van der Waals surface area contributed by atoms with Crippen molar-refractivity contribution in [2.45, 2.75) is 32.7 Å². The molecule has 0 fully saturated rings. The number of halogens is 1. The summed E-state index contributed by atoms with van der Waals surface area (Å²) in [6.45, 7) is 6.96. The molecule has 1 aromatic carbocycles. The normalized spacial score (nSPS) is 11.9. The zero-order chi connectivity index (χ0) is 14.2. The minimum atomic E-state index is -0.0214. The molecule has 0 aliphatic rings. The number of aryl methyl sites for hydroxylation is 1. The Morgan fingerprint density at radius 2 is 1.95 bits per heavy atom. The Morgan fingerprint density at radius 3 is 2.47 bits per heavy atom. The third kappa shape index (κ3) is 2.82. The molecule has 0 bridgehead atoms. The number of hydrogen-bond donors (Lipinski definition) is 1. The fourth-order valence-electron chi connectivity index (χ4n) is 2.14. The quantitative estimate of drug-likeness (QED) is 0.913. The minimum absolute atomic E-state index is 0.0214. The van der Waals surface area contributed by atoms with Gasteiger partial charge in [0.2, 0.25) is 0 Å². The maximum Gasteiger partial charge on any atom is 0.0756 e. The molecule has 2 N–H and O–H groups in total. The third-order valence-electron chi connectivity index (χ3n) is 3.10. The molecule has 2 rings (SSSR count). The summed E-state index contributed by atoms with van der Waals surface area (Å²) in [4.78, 5) is 0. The van der Waals surface area contributed by atoms with Gasteiger partial charge in [-0.15, -0.1) is 0 Å². The Labute approximate surface area is 119 Å². The first-order chi connectivity index (χ1) is 8.82. The highest BCUT2D eigenvalue weighted by Gasteiger charge is 2.23. The van der Waals surface area contributed by atoms with Crippen molar-refractivity contribution in [3.63, 3.8) is 0 Å². The summed E-state index contributed by atoms with van der Waals surface area (Å²) in [7, 11) is 1.93. The topological polar surface area (TPSA) is 43.8 Å². The summed E-state index contributed by atoms with van der Waals surface area (Å²) in [6.07, 6.45) is 2.02. The Hall–Kier alpha value is -1.32. The fourth-order valence-corrected chi connectivity index (χ4v) is 2.45. The third-order valence-corrected chi connectivity index (χ3v) is 3.41. The Morgan fingerprint density at radius 1 is 1.26 bits per heavy atom. The molecule has 0 atom stereocenters. The zero-order valence-corrected chi connectivity index (χ0v) is 12.6. The summed E-state index contributed by atoms with van der Waals surface area (Å²) >= 11 is 6.38. The van der Waals surface area contributed by atoms with E-state index in [0.717, 1.165) is 27.4 Å². The van der Waals surface area contributed by atoms with Crippen LogP contribution in [-0.4, -0.2) is 9.78 Å². The number of benzene rings is 1. The van der Waals surface area contributed by atoms with Gasteiger partial charge >= 0.3 is 0 Å². The first-order valence-corrected chi connectivity index (χ1v) is 6.73. The van der Waals surface area contributed by atoms with Crippen LogP contribution in [0.15, 0.2) is 24.4 Å². The maximum absolute atomic E-state index is 6.38. The predicted octanol–water partition coefficient (Wildman–Crippen LogP) is 3.50. The molecule has 2 aromatic rings. The van der Waals surface area contributed by atoms with Crippen molar-refractivity contribution in [1.82, 2.24) is 9.78 Å². The van der Waals surface area contributed by atoms with Crippen molar-refractivity contribution in [3.8, 4) is 11.1 Å². The molecular formula is C15H20ClN3. The van der Waals surface area contributed by atoms with Crippen LogP contribution < -0.4 is 5.73 Å². The lowest BCUT2D eigenvalue weighted by Crippen LogP contribution is -2.13. The van der Waals surface area contributed by atoms with Crippen LogP contribution in [0, 0.1) is 0 Å². The Kier molecular flexibility index (Phi) is 3.70. The Bertz CT molecular complexity index is 594. The average molecular weight is 278 g/mol. The average Bonchev–Trinajstić information content (AvgIpc) is 2.70. The summed E-state index contributed by atoms with van der Waals surface area (Å²) < 4.78 is 1.84. The number of rotatable bonds is 2. The SMILES string of the molecule is Cn1cc(-c2ccc(CN)cc2Cl)c(C(C)(C)C)n1. The van der Waals surface area contributed by atoms with Gasteiger partial charge in [0, 0.05) is 41.4 Å². The van der Waals surface area contributed by atoms with E-state index in [4.69, 9.17) is 17.3 Å². The van der Waals surface area contributed by atoms with Crippen molar-refractivity contribution >= 4 is 11.6 Å². The van der Waals surface area contributed by atoms with E-state index in [0.29, 0.717) is 6.54 Å². The lowest BCUT2D eigenvalue weighted by molar-refractivity contribution is 0.554. The van der Waals surface area contributed by atoms with Crippen LogP contribution in [0.3, 0.4) is 0 Å². The Balaban J connectivity index is 2.59. The second kappa shape index (κ2) is 4.99. The van der Waals surface area contributed by atoms with E-state index in [1.165, 1.54) is 0 Å². The molecule has 102 valence electrons. The fraction of sp³-hybridized carbons (Fsp3) is 0.400. The largest absolute Gasteiger partial charge is 0.326 e. The van der Waals surface area contributed by atoms with Gasteiger partial charge in [-0.3, -0.25) is 4.68 Å². The molecule has 3 nitrogen and oxygen atoms in total. The smallest absolute Gasteiger partial charge is 0.0756 e. The van der Waals surface area contributed by atoms with Gasteiger partial charge in [-0.1, -0.05) is 44.5 Å². The predicted molar refractivity (Wildman–Crippen MR) is 80.2 cm³/mol. The maximum atomic E-state index is 6.38. The van der Waals surface area contributed by atoms with Crippen molar-refractivity contribution in [2.75, 3.05) is 0 Å². The van der Waals surface area contributed by atoms with Crippen molar-refractivity contribution in [3.05, 3.63) is 40.7 Å². The number of nitrogens with two attached hydrogens (primary N) is 1. The summed E-state index contributed by atoms with van der Waals surface area (Å²) in [6, 6.07) is 5.97. The summed E-state index contributed by atoms with van der Waals surface area (Å²) in [5, 5.41) is 5.30. The second-order valence-corrected chi connectivity index (χ2v) is 6.24. The van der Waals surface area contributed by atoms with Gasteiger partial charge in [-0.05, 0) is 11.6 Å². The van der Waals surface area contributed by atoms with Crippen LogP contribution in [0.1, 0.15) is 32.0 Å². The van der Waals surface area contributed by atoms with Crippen molar-refractivity contribution in [1.29, 1.82) is 0 Å². The molecular weight excluding hydrogens is 258 g/mol. The van der Waals surface area contributed by atoms with E-state index >= 15 is 0 Å². The van der Waals surface area contributed by atoms with Gasteiger partial charge < -0.3 is 5.73 Å². The monoisotopic (exact) mass is 277 g/mol. The zero-order valence-electron chi connectivity index (χ0n) is 11.9. The lowest BCUT2D eigenvalue weighted by Gasteiger charge is -2.18. The molecule has 0 saturated carbocycles. The van der Waals surface area contributed by atoms with Crippen LogP contribution in [0.25, 0.3) is 11.1 Å². The minimum Gasteiger partial charge on any atom is -0.326 e. The van der Waals surface area contributed by atoms with E-state index in [1.807, 2.05) is 36.1 Å². The van der Waals surface area contributed by atoms with Crippen LogP contribution in [0.2, 0.25) is 5.02 Å². The van der Waals surface area contributed by atoms with Crippen molar-refractivity contribution < 1.29 is 0 Å². The van der Waals surface area contributed by atoms with E-state index in [2.05, 4.69) is 25.9 Å². The number of hydrogen-bond acceptors (Lipinski definition) is 2.